The molecule has 2 aliphatic rings. The molecule has 0 bridgehead atoms. The summed E-state index contributed by atoms with van der Waals surface area (Å²) >= 11 is 1.13. The van der Waals surface area contributed by atoms with Crippen molar-refractivity contribution in [3.63, 3.8) is 0 Å². The van der Waals surface area contributed by atoms with E-state index in [2.05, 4.69) is 9.59 Å². The van der Waals surface area contributed by atoms with Gasteiger partial charge in [0.25, 0.3) is 5.91 Å². The number of aryl methyl sites for hydroxylation is 1. The lowest BCUT2D eigenvalue weighted by Gasteiger charge is -2.40. The van der Waals surface area contributed by atoms with Crippen molar-refractivity contribution >= 4 is 23.3 Å². The summed E-state index contributed by atoms with van der Waals surface area (Å²) in [5.74, 6) is 0.163. The van der Waals surface area contributed by atoms with Crippen molar-refractivity contribution in [2.24, 2.45) is 5.92 Å². The molecule has 1 aromatic rings. The van der Waals surface area contributed by atoms with Gasteiger partial charge in [0, 0.05) is 26.2 Å². The molecule has 7 heteroatoms. The van der Waals surface area contributed by atoms with Crippen LogP contribution in [0.25, 0.3) is 0 Å². The zero-order valence-corrected chi connectivity index (χ0v) is 13.1. The number of rotatable bonds is 2. The van der Waals surface area contributed by atoms with Crippen molar-refractivity contribution in [1.29, 1.82) is 0 Å². The zero-order chi connectivity index (χ0) is 14.8. The highest BCUT2D eigenvalue weighted by molar-refractivity contribution is 7.07. The normalized spacial score (nSPS) is 20.0. The van der Waals surface area contributed by atoms with E-state index < -0.39 is 0 Å². The van der Waals surface area contributed by atoms with Crippen LogP contribution in [0, 0.1) is 12.8 Å². The molecule has 2 fully saturated rings. The third kappa shape index (κ3) is 2.92. The third-order valence-corrected chi connectivity index (χ3v) is 5.10. The smallest absolute Gasteiger partial charge is 0.267 e. The van der Waals surface area contributed by atoms with Crippen LogP contribution in [-0.2, 0) is 4.79 Å². The summed E-state index contributed by atoms with van der Waals surface area (Å²) < 4.78 is 3.79. The van der Waals surface area contributed by atoms with Gasteiger partial charge in [-0.2, -0.15) is 0 Å². The fourth-order valence-corrected chi connectivity index (χ4v) is 3.55. The minimum absolute atomic E-state index is 0.0202. The van der Waals surface area contributed by atoms with Gasteiger partial charge in [0.15, 0.2) is 0 Å². The van der Waals surface area contributed by atoms with E-state index in [0.717, 1.165) is 37.5 Å². The van der Waals surface area contributed by atoms with E-state index in [0.29, 0.717) is 23.7 Å². The van der Waals surface area contributed by atoms with Crippen LogP contribution in [0.3, 0.4) is 0 Å². The minimum Gasteiger partial charge on any atom is -0.342 e. The van der Waals surface area contributed by atoms with Crippen LogP contribution in [-0.4, -0.2) is 57.4 Å². The molecule has 2 saturated heterocycles. The van der Waals surface area contributed by atoms with Gasteiger partial charge >= 0.3 is 0 Å². The molecule has 0 N–H and O–H groups in total. The SMILES string of the molecule is Cc1nnsc1C(=O)N1CC(C(=O)N2CCCCCC2)C1. The first kappa shape index (κ1) is 14.4. The Morgan fingerprint density at radius 3 is 2.33 bits per heavy atom. The first-order valence-electron chi connectivity index (χ1n) is 7.54. The molecule has 1 aromatic heterocycles. The van der Waals surface area contributed by atoms with Crippen LogP contribution >= 0.6 is 11.5 Å². The average molecular weight is 308 g/mol. The van der Waals surface area contributed by atoms with E-state index >= 15 is 0 Å². The molecule has 0 radical (unpaired) electrons. The lowest BCUT2D eigenvalue weighted by atomic mass is 9.97. The second-order valence-corrected chi connectivity index (χ2v) is 6.59. The van der Waals surface area contributed by atoms with Crippen molar-refractivity contribution in [1.82, 2.24) is 19.4 Å². The number of likely N-dealkylation sites (tertiary alicyclic amines) is 2. The van der Waals surface area contributed by atoms with Gasteiger partial charge in [0.05, 0.1) is 11.6 Å². The topological polar surface area (TPSA) is 66.4 Å². The number of hydrogen-bond acceptors (Lipinski definition) is 5. The molecule has 3 heterocycles. The number of carbonyl (C=O) groups excluding carboxylic acids is 2. The number of amides is 2. The highest BCUT2D eigenvalue weighted by Crippen LogP contribution is 2.24. The van der Waals surface area contributed by atoms with Gasteiger partial charge in [0.1, 0.15) is 4.88 Å². The van der Waals surface area contributed by atoms with Gasteiger partial charge in [-0.05, 0) is 31.3 Å². The van der Waals surface area contributed by atoms with Crippen LogP contribution in [0.1, 0.15) is 41.0 Å². The lowest BCUT2D eigenvalue weighted by Crippen LogP contribution is -2.56. The molecule has 0 unspecified atom stereocenters. The number of carbonyl (C=O) groups is 2. The molecule has 2 aliphatic heterocycles. The molecule has 0 aromatic carbocycles. The Hall–Kier alpha value is -1.50. The summed E-state index contributed by atoms with van der Waals surface area (Å²) in [6, 6.07) is 0. The van der Waals surface area contributed by atoms with Gasteiger partial charge < -0.3 is 9.80 Å². The summed E-state index contributed by atoms with van der Waals surface area (Å²) in [5, 5.41) is 3.86. The molecule has 0 aliphatic carbocycles. The van der Waals surface area contributed by atoms with Gasteiger partial charge in [-0.1, -0.05) is 17.3 Å². The monoisotopic (exact) mass is 308 g/mol. The maximum atomic E-state index is 12.4. The van der Waals surface area contributed by atoms with Crippen LogP contribution in [0.5, 0.6) is 0 Å². The maximum absolute atomic E-state index is 12.4. The largest absolute Gasteiger partial charge is 0.342 e. The van der Waals surface area contributed by atoms with E-state index in [1.165, 1.54) is 12.8 Å². The summed E-state index contributed by atoms with van der Waals surface area (Å²) in [7, 11) is 0. The van der Waals surface area contributed by atoms with Crippen LogP contribution < -0.4 is 0 Å². The summed E-state index contributed by atoms with van der Waals surface area (Å²) in [6.07, 6.45) is 4.65. The molecule has 114 valence electrons. The Morgan fingerprint density at radius 2 is 1.76 bits per heavy atom. The zero-order valence-electron chi connectivity index (χ0n) is 12.2. The van der Waals surface area contributed by atoms with Gasteiger partial charge in [-0.3, -0.25) is 9.59 Å². The molecule has 6 nitrogen and oxygen atoms in total. The van der Waals surface area contributed by atoms with Crippen LogP contribution in [0.2, 0.25) is 0 Å². The predicted molar refractivity (Wildman–Crippen MR) is 79.1 cm³/mol. The van der Waals surface area contributed by atoms with E-state index in [-0.39, 0.29) is 17.7 Å². The summed E-state index contributed by atoms with van der Waals surface area (Å²) in [6.45, 7) is 4.61. The minimum atomic E-state index is -0.0394. The van der Waals surface area contributed by atoms with Crippen molar-refractivity contribution in [3.05, 3.63) is 10.6 Å². The van der Waals surface area contributed by atoms with Crippen LogP contribution in [0.4, 0.5) is 0 Å². The van der Waals surface area contributed by atoms with Crippen LogP contribution in [0.15, 0.2) is 0 Å². The Balaban J connectivity index is 1.54. The van der Waals surface area contributed by atoms with Gasteiger partial charge in [-0.25, -0.2) is 0 Å². The molecule has 3 rings (SSSR count). The Labute approximate surface area is 128 Å². The molecule has 2 amide bonds. The Morgan fingerprint density at radius 1 is 1.10 bits per heavy atom. The highest BCUT2D eigenvalue weighted by atomic mass is 32.1. The molecular weight excluding hydrogens is 288 g/mol. The van der Waals surface area contributed by atoms with Crippen molar-refractivity contribution in [2.45, 2.75) is 32.6 Å². The second-order valence-electron chi connectivity index (χ2n) is 5.83. The maximum Gasteiger partial charge on any atom is 0.267 e. The summed E-state index contributed by atoms with van der Waals surface area (Å²) in [5.41, 5.74) is 0.673. The predicted octanol–water partition coefficient (Wildman–Crippen LogP) is 1.32. The molecule has 0 atom stereocenters. The number of nitrogens with zero attached hydrogens (tertiary/aromatic N) is 4. The standard InChI is InChI=1S/C14H20N4O2S/c1-10-12(21-16-15-10)14(20)18-8-11(9-18)13(19)17-6-4-2-3-5-7-17/h11H,2-9H2,1H3. The van der Waals surface area contributed by atoms with Gasteiger partial charge in [0.2, 0.25) is 5.91 Å². The fourth-order valence-electron chi connectivity index (χ4n) is 2.92. The van der Waals surface area contributed by atoms with Crippen molar-refractivity contribution in [3.8, 4) is 0 Å². The number of aromatic nitrogens is 2. The van der Waals surface area contributed by atoms with E-state index in [4.69, 9.17) is 0 Å². The van der Waals surface area contributed by atoms with E-state index in [9.17, 15) is 9.59 Å². The first-order chi connectivity index (χ1) is 10.2. The van der Waals surface area contributed by atoms with E-state index in [1.54, 1.807) is 11.8 Å². The molecule has 0 saturated carbocycles. The highest BCUT2D eigenvalue weighted by Gasteiger charge is 2.39. The molecular formula is C14H20N4O2S. The fraction of sp³-hybridized carbons (Fsp3) is 0.714. The molecule has 0 spiro atoms. The molecule has 21 heavy (non-hydrogen) atoms. The summed E-state index contributed by atoms with van der Waals surface area (Å²) in [4.78, 5) is 29.0. The third-order valence-electron chi connectivity index (χ3n) is 4.28. The second kappa shape index (κ2) is 6.09. The number of hydrogen-bond donors (Lipinski definition) is 0. The van der Waals surface area contributed by atoms with Crippen molar-refractivity contribution < 1.29 is 9.59 Å². The van der Waals surface area contributed by atoms with Crippen molar-refractivity contribution in [2.75, 3.05) is 26.2 Å². The average Bonchev–Trinajstić information content (AvgIpc) is 2.69. The Bertz CT molecular complexity index is 531. The Kier molecular flexibility index (Phi) is 4.19. The van der Waals surface area contributed by atoms with E-state index in [1.807, 2.05) is 4.90 Å². The lowest BCUT2D eigenvalue weighted by molar-refractivity contribution is -0.139. The quantitative estimate of drug-likeness (QED) is 0.826. The first-order valence-corrected chi connectivity index (χ1v) is 8.31. The van der Waals surface area contributed by atoms with Gasteiger partial charge in [-0.15, -0.1) is 5.10 Å².